The van der Waals surface area contributed by atoms with Gasteiger partial charge in [0.1, 0.15) is 5.15 Å². The second kappa shape index (κ2) is 5.81. The number of hydrogen-bond donors (Lipinski definition) is 0. The Hall–Kier alpha value is -1.58. The fourth-order valence-corrected chi connectivity index (χ4v) is 2.89. The van der Waals surface area contributed by atoms with Crippen molar-refractivity contribution in [3.63, 3.8) is 0 Å². The van der Waals surface area contributed by atoms with E-state index in [0.717, 1.165) is 11.3 Å². The predicted octanol–water partition coefficient (Wildman–Crippen LogP) is 4.88. The average molecular weight is 301 g/mol. The zero-order valence-corrected chi connectivity index (χ0v) is 12.6. The SMILES string of the molecule is Cc1cnc(SCc2ccc3ccccc3c2)nc1Cl. The van der Waals surface area contributed by atoms with Crippen LogP contribution in [0.25, 0.3) is 10.8 Å². The first-order chi connectivity index (χ1) is 9.72. The minimum Gasteiger partial charge on any atom is -0.231 e. The molecule has 0 N–H and O–H groups in total. The van der Waals surface area contributed by atoms with E-state index in [9.17, 15) is 0 Å². The van der Waals surface area contributed by atoms with Crippen LogP contribution < -0.4 is 0 Å². The Kier molecular flexibility index (Phi) is 3.90. The van der Waals surface area contributed by atoms with E-state index < -0.39 is 0 Å². The van der Waals surface area contributed by atoms with Crippen LogP contribution in [-0.2, 0) is 5.75 Å². The van der Waals surface area contributed by atoms with Gasteiger partial charge in [0, 0.05) is 17.5 Å². The molecule has 20 heavy (non-hydrogen) atoms. The fraction of sp³-hybridized carbons (Fsp3) is 0.125. The van der Waals surface area contributed by atoms with Crippen molar-refractivity contribution >= 4 is 34.1 Å². The van der Waals surface area contributed by atoms with Crippen molar-refractivity contribution in [3.8, 4) is 0 Å². The third-order valence-electron chi connectivity index (χ3n) is 3.07. The summed E-state index contributed by atoms with van der Waals surface area (Å²) in [4.78, 5) is 8.55. The summed E-state index contributed by atoms with van der Waals surface area (Å²) < 4.78 is 0. The summed E-state index contributed by atoms with van der Waals surface area (Å²) in [5.74, 6) is 0.838. The lowest BCUT2D eigenvalue weighted by Crippen LogP contribution is -1.90. The fourth-order valence-electron chi connectivity index (χ4n) is 1.95. The number of halogens is 1. The van der Waals surface area contributed by atoms with Crippen LogP contribution in [0.3, 0.4) is 0 Å². The first-order valence-corrected chi connectivity index (χ1v) is 7.68. The number of benzene rings is 2. The number of hydrogen-bond acceptors (Lipinski definition) is 3. The summed E-state index contributed by atoms with van der Waals surface area (Å²) in [6.07, 6.45) is 1.76. The highest BCUT2D eigenvalue weighted by molar-refractivity contribution is 7.98. The molecule has 100 valence electrons. The molecule has 0 aliphatic carbocycles. The van der Waals surface area contributed by atoms with E-state index in [1.165, 1.54) is 16.3 Å². The lowest BCUT2D eigenvalue weighted by atomic mass is 10.1. The standard InChI is InChI=1S/C16H13ClN2S/c1-11-9-18-16(19-15(11)17)20-10-12-6-7-13-4-2-3-5-14(13)8-12/h2-9H,10H2,1H3. The highest BCUT2D eigenvalue weighted by atomic mass is 35.5. The monoisotopic (exact) mass is 300 g/mol. The van der Waals surface area contributed by atoms with Gasteiger partial charge in [-0.2, -0.15) is 0 Å². The van der Waals surface area contributed by atoms with Crippen LogP contribution in [0.15, 0.2) is 53.8 Å². The first kappa shape index (κ1) is 13.4. The van der Waals surface area contributed by atoms with E-state index in [2.05, 4.69) is 52.4 Å². The summed E-state index contributed by atoms with van der Waals surface area (Å²) in [7, 11) is 0. The van der Waals surface area contributed by atoms with Gasteiger partial charge in [0.05, 0.1) is 0 Å². The van der Waals surface area contributed by atoms with Crippen LogP contribution >= 0.6 is 23.4 Å². The first-order valence-electron chi connectivity index (χ1n) is 6.32. The van der Waals surface area contributed by atoms with Gasteiger partial charge in [-0.3, -0.25) is 0 Å². The Balaban J connectivity index is 1.77. The van der Waals surface area contributed by atoms with E-state index >= 15 is 0 Å². The topological polar surface area (TPSA) is 25.8 Å². The molecule has 1 aromatic heterocycles. The molecule has 0 spiro atoms. The van der Waals surface area contributed by atoms with Crippen LogP contribution in [0.2, 0.25) is 5.15 Å². The molecule has 0 bridgehead atoms. The summed E-state index contributed by atoms with van der Waals surface area (Å²) in [6.45, 7) is 1.90. The van der Waals surface area contributed by atoms with E-state index in [1.807, 2.05) is 6.92 Å². The Morgan fingerprint density at radius 3 is 2.70 bits per heavy atom. The van der Waals surface area contributed by atoms with Crippen LogP contribution in [-0.4, -0.2) is 9.97 Å². The lowest BCUT2D eigenvalue weighted by Gasteiger charge is -2.04. The average Bonchev–Trinajstić information content (AvgIpc) is 2.48. The second-order valence-electron chi connectivity index (χ2n) is 4.60. The maximum Gasteiger partial charge on any atom is 0.189 e. The molecule has 0 saturated heterocycles. The summed E-state index contributed by atoms with van der Waals surface area (Å²) in [5.41, 5.74) is 2.16. The smallest absolute Gasteiger partial charge is 0.189 e. The quantitative estimate of drug-likeness (QED) is 0.391. The number of fused-ring (bicyclic) bond motifs is 1. The van der Waals surface area contributed by atoms with Crippen LogP contribution in [0.1, 0.15) is 11.1 Å². The molecule has 0 aliphatic heterocycles. The molecule has 1 heterocycles. The molecule has 0 aliphatic rings. The van der Waals surface area contributed by atoms with Gasteiger partial charge in [0.25, 0.3) is 0 Å². The number of aromatic nitrogens is 2. The van der Waals surface area contributed by atoms with Crippen molar-refractivity contribution in [2.24, 2.45) is 0 Å². The minimum atomic E-state index is 0.529. The third-order valence-corrected chi connectivity index (χ3v) is 4.38. The Morgan fingerprint density at radius 2 is 1.90 bits per heavy atom. The number of thioether (sulfide) groups is 1. The van der Waals surface area contributed by atoms with Crippen molar-refractivity contribution in [1.29, 1.82) is 0 Å². The summed E-state index contributed by atoms with van der Waals surface area (Å²) >= 11 is 7.61. The predicted molar refractivity (Wildman–Crippen MR) is 85.3 cm³/mol. The van der Waals surface area contributed by atoms with Gasteiger partial charge in [0.2, 0.25) is 0 Å². The summed E-state index contributed by atoms with van der Waals surface area (Å²) in [6, 6.07) is 14.9. The Labute approximate surface area is 127 Å². The van der Waals surface area contributed by atoms with Crippen LogP contribution in [0, 0.1) is 6.92 Å². The van der Waals surface area contributed by atoms with Crippen molar-refractivity contribution in [2.45, 2.75) is 17.8 Å². The molecule has 0 amide bonds. The summed E-state index contributed by atoms with van der Waals surface area (Å²) in [5, 5.41) is 3.76. The van der Waals surface area contributed by atoms with Crippen molar-refractivity contribution in [1.82, 2.24) is 9.97 Å². The maximum absolute atomic E-state index is 6.01. The number of aryl methyl sites for hydroxylation is 1. The number of nitrogens with zero attached hydrogens (tertiary/aromatic N) is 2. The Bertz CT molecular complexity index is 758. The minimum absolute atomic E-state index is 0.529. The molecule has 3 aromatic rings. The van der Waals surface area contributed by atoms with E-state index in [1.54, 1.807) is 18.0 Å². The van der Waals surface area contributed by atoms with Gasteiger partial charge in [-0.1, -0.05) is 65.8 Å². The van der Waals surface area contributed by atoms with Crippen LogP contribution in [0.5, 0.6) is 0 Å². The zero-order chi connectivity index (χ0) is 13.9. The van der Waals surface area contributed by atoms with Gasteiger partial charge in [-0.15, -0.1) is 0 Å². The molecule has 0 atom stereocenters. The Morgan fingerprint density at radius 1 is 1.10 bits per heavy atom. The molecule has 0 saturated carbocycles. The third kappa shape index (κ3) is 2.94. The van der Waals surface area contributed by atoms with Crippen molar-refractivity contribution < 1.29 is 0 Å². The molecular formula is C16H13ClN2S. The zero-order valence-electron chi connectivity index (χ0n) is 11.0. The maximum atomic E-state index is 6.01. The van der Waals surface area contributed by atoms with E-state index in [0.29, 0.717) is 10.3 Å². The second-order valence-corrected chi connectivity index (χ2v) is 5.90. The molecule has 2 nitrogen and oxygen atoms in total. The van der Waals surface area contributed by atoms with Crippen molar-refractivity contribution in [2.75, 3.05) is 0 Å². The van der Waals surface area contributed by atoms with E-state index in [-0.39, 0.29) is 0 Å². The molecule has 0 fully saturated rings. The molecule has 3 rings (SSSR count). The molecular weight excluding hydrogens is 288 g/mol. The normalized spacial score (nSPS) is 10.9. The highest BCUT2D eigenvalue weighted by Crippen LogP contribution is 2.24. The van der Waals surface area contributed by atoms with Crippen LogP contribution in [0.4, 0.5) is 0 Å². The van der Waals surface area contributed by atoms with Gasteiger partial charge >= 0.3 is 0 Å². The van der Waals surface area contributed by atoms with Crippen molar-refractivity contribution in [3.05, 3.63) is 64.9 Å². The number of rotatable bonds is 3. The molecule has 4 heteroatoms. The lowest BCUT2D eigenvalue weighted by molar-refractivity contribution is 0.950. The van der Waals surface area contributed by atoms with Gasteiger partial charge in [-0.05, 0) is 23.3 Å². The van der Waals surface area contributed by atoms with Gasteiger partial charge in [0.15, 0.2) is 5.16 Å². The molecule has 0 unspecified atom stereocenters. The molecule has 2 aromatic carbocycles. The molecule has 0 radical (unpaired) electrons. The van der Waals surface area contributed by atoms with Gasteiger partial charge in [-0.25, -0.2) is 9.97 Å². The largest absolute Gasteiger partial charge is 0.231 e. The van der Waals surface area contributed by atoms with E-state index in [4.69, 9.17) is 11.6 Å². The highest BCUT2D eigenvalue weighted by Gasteiger charge is 2.03. The van der Waals surface area contributed by atoms with Gasteiger partial charge < -0.3 is 0 Å².